The van der Waals surface area contributed by atoms with Gasteiger partial charge in [-0.25, -0.2) is 9.97 Å². The highest BCUT2D eigenvalue weighted by Crippen LogP contribution is 2.39. The molecule has 2 aromatic heterocycles. The summed E-state index contributed by atoms with van der Waals surface area (Å²) in [6.45, 7) is 1.27. The smallest absolute Gasteiger partial charge is 0.383 e. The maximum absolute atomic E-state index is 13.7. The summed E-state index contributed by atoms with van der Waals surface area (Å²) >= 11 is 0. The Morgan fingerprint density at radius 2 is 2.10 bits per heavy atom. The molecule has 0 bridgehead atoms. The molecule has 2 heterocycles. The van der Waals surface area contributed by atoms with Gasteiger partial charge in [-0.2, -0.15) is 18.4 Å². The molecule has 31 heavy (non-hydrogen) atoms. The molecule has 1 aromatic carbocycles. The predicted molar refractivity (Wildman–Crippen MR) is 109 cm³/mol. The number of methoxy groups -OCH3 is 1. The lowest BCUT2D eigenvalue weighted by Crippen LogP contribution is -2.52. The topological polar surface area (TPSA) is 98.6 Å². The normalized spacial score (nSPS) is 18.5. The fourth-order valence-corrected chi connectivity index (χ4v) is 3.69. The first-order chi connectivity index (χ1) is 14.9. The van der Waals surface area contributed by atoms with E-state index in [0.717, 1.165) is 19.0 Å². The van der Waals surface area contributed by atoms with Gasteiger partial charge in [-0.05, 0) is 25.0 Å². The van der Waals surface area contributed by atoms with E-state index in [1.54, 1.807) is 25.3 Å². The quantitative estimate of drug-likeness (QED) is 0.495. The van der Waals surface area contributed by atoms with Crippen LogP contribution in [0.3, 0.4) is 0 Å². The van der Waals surface area contributed by atoms with Crippen LogP contribution in [0.15, 0.2) is 30.6 Å². The van der Waals surface area contributed by atoms with E-state index < -0.39 is 11.7 Å². The van der Waals surface area contributed by atoms with Crippen molar-refractivity contribution in [1.82, 2.24) is 20.3 Å². The zero-order valence-electron chi connectivity index (χ0n) is 16.8. The van der Waals surface area contributed by atoms with Crippen molar-refractivity contribution in [2.75, 3.05) is 25.6 Å². The molecule has 3 N–H and O–H groups in total. The van der Waals surface area contributed by atoms with Crippen molar-refractivity contribution in [2.24, 2.45) is 0 Å². The molecule has 10 heteroatoms. The van der Waals surface area contributed by atoms with Gasteiger partial charge in [0.05, 0.1) is 23.9 Å². The largest absolute Gasteiger partial charge is 0.419 e. The van der Waals surface area contributed by atoms with Gasteiger partial charge in [0.25, 0.3) is 0 Å². The van der Waals surface area contributed by atoms with Crippen LogP contribution >= 0.6 is 0 Å². The van der Waals surface area contributed by atoms with E-state index >= 15 is 0 Å². The number of nitriles is 1. The Morgan fingerprint density at radius 1 is 1.29 bits per heavy atom. The van der Waals surface area contributed by atoms with Gasteiger partial charge in [0.15, 0.2) is 0 Å². The summed E-state index contributed by atoms with van der Waals surface area (Å²) in [5.41, 5.74) is 0.173. The third kappa shape index (κ3) is 4.33. The number of aromatic nitrogens is 3. The van der Waals surface area contributed by atoms with Crippen LogP contribution in [0.25, 0.3) is 22.2 Å². The van der Waals surface area contributed by atoms with Gasteiger partial charge in [0, 0.05) is 54.6 Å². The molecule has 4 rings (SSSR count). The van der Waals surface area contributed by atoms with Crippen molar-refractivity contribution in [3.63, 3.8) is 0 Å². The lowest BCUT2D eigenvalue weighted by Gasteiger charge is -2.37. The second-order valence-corrected chi connectivity index (χ2v) is 7.41. The third-order valence-corrected chi connectivity index (χ3v) is 5.46. The summed E-state index contributed by atoms with van der Waals surface area (Å²) in [5, 5.41) is 16.1. The van der Waals surface area contributed by atoms with E-state index in [2.05, 4.69) is 25.6 Å². The summed E-state index contributed by atoms with van der Waals surface area (Å²) in [6.07, 6.45) is -0.484. The molecule has 1 aliphatic rings. The maximum Gasteiger partial charge on any atom is 0.419 e. The predicted octanol–water partition coefficient (Wildman–Crippen LogP) is 3.69. The average Bonchev–Trinajstić information content (AvgIpc) is 3.16. The summed E-state index contributed by atoms with van der Waals surface area (Å²) in [6, 6.07) is 7.02. The number of aromatic amines is 1. The minimum absolute atomic E-state index is 0.0302. The Bertz CT molecular complexity index is 1120. The fraction of sp³-hybridized carbons (Fsp3) is 0.381. The number of hydrogen-bond donors (Lipinski definition) is 3. The highest BCUT2D eigenvalue weighted by atomic mass is 19.4. The van der Waals surface area contributed by atoms with Gasteiger partial charge in [-0.3, -0.25) is 0 Å². The minimum Gasteiger partial charge on any atom is -0.383 e. The van der Waals surface area contributed by atoms with Crippen LogP contribution in [-0.2, 0) is 10.9 Å². The van der Waals surface area contributed by atoms with Crippen LogP contribution in [0.4, 0.5) is 19.1 Å². The lowest BCUT2D eigenvalue weighted by atomic mass is 9.86. The Balaban J connectivity index is 1.66. The summed E-state index contributed by atoms with van der Waals surface area (Å²) < 4.78 is 46.1. The average molecular weight is 430 g/mol. The molecule has 0 spiro atoms. The number of ether oxygens (including phenoxy) is 1. The fourth-order valence-electron chi connectivity index (χ4n) is 3.69. The molecule has 0 amide bonds. The van der Waals surface area contributed by atoms with Gasteiger partial charge in [-0.15, -0.1) is 0 Å². The van der Waals surface area contributed by atoms with E-state index in [4.69, 9.17) is 10.00 Å². The first kappa shape index (κ1) is 21.1. The third-order valence-electron chi connectivity index (χ3n) is 5.46. The van der Waals surface area contributed by atoms with Crippen LogP contribution in [0.1, 0.15) is 24.0 Å². The van der Waals surface area contributed by atoms with Gasteiger partial charge in [0.2, 0.25) is 5.95 Å². The van der Waals surface area contributed by atoms with Crippen molar-refractivity contribution in [3.05, 3.63) is 41.7 Å². The number of alkyl halides is 3. The molecule has 0 aliphatic heterocycles. The SMILES string of the molecule is COCCN[C@@H]1CC[C@H]1Nc1ncc(C(F)(F)F)c(-c2c[nH]c3cc(C#N)ccc23)n1. The van der Waals surface area contributed by atoms with Crippen molar-refractivity contribution < 1.29 is 17.9 Å². The Hall–Kier alpha value is -3.16. The van der Waals surface area contributed by atoms with Gasteiger partial charge >= 0.3 is 6.18 Å². The molecule has 162 valence electrons. The molecule has 1 aliphatic carbocycles. The molecule has 0 saturated heterocycles. The molecule has 0 unspecified atom stereocenters. The van der Waals surface area contributed by atoms with Gasteiger partial charge in [-0.1, -0.05) is 6.07 Å². The highest BCUT2D eigenvalue weighted by molar-refractivity contribution is 5.96. The first-order valence-corrected chi connectivity index (χ1v) is 9.85. The number of benzene rings is 1. The number of nitrogens with one attached hydrogen (secondary N) is 3. The molecule has 2 atom stereocenters. The minimum atomic E-state index is -4.61. The number of anilines is 1. The number of halogens is 3. The Kier molecular flexibility index (Phi) is 5.80. The van der Waals surface area contributed by atoms with Crippen LogP contribution in [-0.4, -0.2) is 47.3 Å². The highest BCUT2D eigenvalue weighted by Gasteiger charge is 2.37. The van der Waals surface area contributed by atoms with E-state index in [1.807, 2.05) is 6.07 Å². The molecule has 3 aromatic rings. The monoisotopic (exact) mass is 430 g/mol. The molecular formula is C21H21F3N6O. The molecule has 0 radical (unpaired) electrons. The number of H-pyrrole nitrogens is 1. The van der Waals surface area contributed by atoms with E-state index in [-0.39, 0.29) is 23.7 Å². The number of nitrogens with zero attached hydrogens (tertiary/aromatic N) is 3. The van der Waals surface area contributed by atoms with Crippen molar-refractivity contribution in [1.29, 1.82) is 5.26 Å². The standard InChI is InChI=1S/C21H21F3N6O/c1-31-7-6-26-16-4-5-17(16)29-20-28-11-15(21(22,23)24)19(30-20)14-10-27-18-8-12(9-25)2-3-13(14)18/h2-3,8,10-11,16-17,26-27H,4-7H2,1H3,(H,28,29,30)/t16-,17-/m1/s1. The van der Waals surface area contributed by atoms with Crippen molar-refractivity contribution in [2.45, 2.75) is 31.1 Å². The Labute approximate surface area is 176 Å². The van der Waals surface area contributed by atoms with Crippen LogP contribution in [0.2, 0.25) is 0 Å². The van der Waals surface area contributed by atoms with Crippen LogP contribution in [0, 0.1) is 11.3 Å². The zero-order chi connectivity index (χ0) is 22.0. The number of fused-ring (bicyclic) bond motifs is 1. The number of hydrogen-bond acceptors (Lipinski definition) is 6. The van der Waals surface area contributed by atoms with Crippen LogP contribution in [0.5, 0.6) is 0 Å². The molecule has 7 nitrogen and oxygen atoms in total. The zero-order valence-corrected chi connectivity index (χ0v) is 16.8. The molecular weight excluding hydrogens is 409 g/mol. The van der Waals surface area contributed by atoms with Crippen molar-refractivity contribution >= 4 is 16.9 Å². The Morgan fingerprint density at radius 3 is 2.77 bits per heavy atom. The van der Waals surface area contributed by atoms with E-state index in [1.165, 1.54) is 6.20 Å². The summed E-state index contributed by atoms with van der Waals surface area (Å²) in [7, 11) is 1.63. The lowest BCUT2D eigenvalue weighted by molar-refractivity contribution is -0.137. The van der Waals surface area contributed by atoms with E-state index in [9.17, 15) is 13.2 Å². The first-order valence-electron chi connectivity index (χ1n) is 9.85. The summed E-state index contributed by atoms with van der Waals surface area (Å²) in [5.74, 6) is 0.147. The van der Waals surface area contributed by atoms with Gasteiger partial charge < -0.3 is 20.4 Å². The second kappa shape index (κ2) is 8.53. The van der Waals surface area contributed by atoms with Gasteiger partial charge in [0.1, 0.15) is 5.56 Å². The number of rotatable bonds is 7. The summed E-state index contributed by atoms with van der Waals surface area (Å²) in [4.78, 5) is 11.1. The van der Waals surface area contributed by atoms with Crippen LogP contribution < -0.4 is 10.6 Å². The second-order valence-electron chi connectivity index (χ2n) is 7.41. The van der Waals surface area contributed by atoms with E-state index in [0.29, 0.717) is 35.2 Å². The molecule has 1 saturated carbocycles. The molecule has 1 fully saturated rings. The maximum atomic E-state index is 13.7. The van der Waals surface area contributed by atoms with Crippen molar-refractivity contribution in [3.8, 4) is 17.3 Å².